The zero-order chi connectivity index (χ0) is 16.8. The maximum absolute atomic E-state index is 12.4. The molecule has 0 radical (unpaired) electrons. The van der Waals surface area contributed by atoms with Gasteiger partial charge in [0.25, 0.3) is 5.91 Å². The molecule has 23 heavy (non-hydrogen) atoms. The molecule has 0 aliphatic carbocycles. The number of hydrogen-bond acceptors (Lipinski definition) is 4. The van der Waals surface area contributed by atoms with Crippen LogP contribution in [0.25, 0.3) is 0 Å². The van der Waals surface area contributed by atoms with Gasteiger partial charge in [-0.2, -0.15) is 0 Å². The highest BCUT2D eigenvalue weighted by atomic mass is 16.5. The average molecular weight is 319 g/mol. The molecule has 2 rings (SSSR count). The fourth-order valence-corrected chi connectivity index (χ4v) is 3.05. The lowest BCUT2D eigenvalue weighted by Gasteiger charge is -2.39. The van der Waals surface area contributed by atoms with Gasteiger partial charge in [-0.1, -0.05) is 19.1 Å². The molecule has 2 amide bonds. The summed E-state index contributed by atoms with van der Waals surface area (Å²) in [5.41, 5.74) is 11.8. The molecule has 4 N–H and O–H groups in total. The fourth-order valence-electron chi connectivity index (χ4n) is 3.05. The molecule has 0 unspecified atom stereocenters. The molecule has 1 heterocycles. The van der Waals surface area contributed by atoms with Gasteiger partial charge in [0.1, 0.15) is 5.75 Å². The van der Waals surface area contributed by atoms with Crippen molar-refractivity contribution in [2.75, 3.05) is 19.7 Å². The van der Waals surface area contributed by atoms with Gasteiger partial charge < -0.3 is 21.1 Å². The van der Waals surface area contributed by atoms with Gasteiger partial charge in [0.2, 0.25) is 5.91 Å². The highest BCUT2D eigenvalue weighted by molar-refractivity contribution is 5.78. The van der Waals surface area contributed by atoms with E-state index >= 15 is 0 Å². The molecule has 1 aliphatic rings. The highest BCUT2D eigenvalue weighted by Gasteiger charge is 2.30. The Morgan fingerprint density at radius 3 is 2.61 bits per heavy atom. The molecule has 0 bridgehead atoms. The van der Waals surface area contributed by atoms with Crippen molar-refractivity contribution in [2.24, 2.45) is 17.4 Å². The topological polar surface area (TPSA) is 98.6 Å². The van der Waals surface area contributed by atoms with Crippen LogP contribution < -0.4 is 16.2 Å². The number of benzene rings is 1. The Morgan fingerprint density at radius 2 is 2.00 bits per heavy atom. The Balaban J connectivity index is 1.89. The van der Waals surface area contributed by atoms with Crippen LogP contribution in [0.5, 0.6) is 5.75 Å². The van der Waals surface area contributed by atoms with E-state index in [1.54, 1.807) is 24.3 Å². The number of likely N-dealkylation sites (tertiary alicyclic amines) is 1. The molecule has 0 spiro atoms. The number of ether oxygens (including phenoxy) is 1. The molecule has 1 aromatic carbocycles. The van der Waals surface area contributed by atoms with Gasteiger partial charge in [0.05, 0.1) is 6.42 Å². The first-order chi connectivity index (χ1) is 11.0. The average Bonchev–Trinajstić information content (AvgIpc) is 2.53. The molecule has 1 fully saturated rings. The van der Waals surface area contributed by atoms with Gasteiger partial charge in [-0.15, -0.1) is 0 Å². The molecular weight excluding hydrogens is 294 g/mol. The molecule has 0 aromatic heterocycles. The summed E-state index contributed by atoms with van der Waals surface area (Å²) in [6.45, 7) is 3.36. The van der Waals surface area contributed by atoms with Crippen molar-refractivity contribution in [3.63, 3.8) is 0 Å². The molecule has 1 aliphatic heterocycles. The fraction of sp³-hybridized carbons (Fsp3) is 0.529. The van der Waals surface area contributed by atoms with Crippen molar-refractivity contribution < 1.29 is 14.3 Å². The lowest BCUT2D eigenvalue weighted by atomic mass is 9.91. The van der Waals surface area contributed by atoms with Gasteiger partial charge in [0, 0.05) is 19.1 Å². The SMILES string of the molecule is C[C@@H]1CCCN(C(=O)COc2ccc(CC(N)=O)cc2)[C@H]1CN. The maximum Gasteiger partial charge on any atom is 0.260 e. The zero-order valence-electron chi connectivity index (χ0n) is 13.5. The van der Waals surface area contributed by atoms with E-state index in [4.69, 9.17) is 16.2 Å². The number of hydrogen-bond donors (Lipinski definition) is 2. The van der Waals surface area contributed by atoms with Crippen molar-refractivity contribution in [3.05, 3.63) is 29.8 Å². The van der Waals surface area contributed by atoms with E-state index in [0.29, 0.717) is 18.2 Å². The van der Waals surface area contributed by atoms with Crippen molar-refractivity contribution in [3.8, 4) is 5.75 Å². The minimum Gasteiger partial charge on any atom is -0.484 e. The Morgan fingerprint density at radius 1 is 1.30 bits per heavy atom. The van der Waals surface area contributed by atoms with Crippen LogP contribution in [0.1, 0.15) is 25.3 Å². The van der Waals surface area contributed by atoms with Crippen LogP contribution in [-0.4, -0.2) is 42.5 Å². The smallest absolute Gasteiger partial charge is 0.260 e. The van der Waals surface area contributed by atoms with E-state index in [9.17, 15) is 9.59 Å². The van der Waals surface area contributed by atoms with Crippen LogP contribution in [0, 0.1) is 5.92 Å². The standard InChI is InChI=1S/C17H25N3O3/c1-12-3-2-8-20(15(12)10-18)17(22)11-23-14-6-4-13(5-7-14)9-16(19)21/h4-7,12,15H,2-3,8-11,18H2,1H3,(H2,19,21)/t12-,15+/m1/s1. The molecule has 1 aromatic rings. The summed E-state index contributed by atoms with van der Waals surface area (Å²) >= 11 is 0. The summed E-state index contributed by atoms with van der Waals surface area (Å²) in [4.78, 5) is 25.1. The van der Waals surface area contributed by atoms with Gasteiger partial charge in [-0.3, -0.25) is 9.59 Å². The monoisotopic (exact) mass is 319 g/mol. The van der Waals surface area contributed by atoms with Crippen LogP contribution in [0.2, 0.25) is 0 Å². The number of rotatable bonds is 6. The Hall–Kier alpha value is -2.08. The van der Waals surface area contributed by atoms with Crippen LogP contribution in [0.15, 0.2) is 24.3 Å². The normalized spacial score (nSPS) is 21.0. The molecular formula is C17H25N3O3. The predicted octanol–water partition coefficient (Wildman–Crippen LogP) is 0.679. The number of nitrogens with zero attached hydrogens (tertiary/aromatic N) is 1. The molecule has 2 atom stereocenters. The number of primary amides is 1. The van der Waals surface area contributed by atoms with Crippen molar-refractivity contribution >= 4 is 11.8 Å². The quantitative estimate of drug-likeness (QED) is 0.805. The first kappa shape index (κ1) is 17.3. The van der Waals surface area contributed by atoms with Gasteiger partial charge in [-0.05, 0) is 36.5 Å². The van der Waals surface area contributed by atoms with E-state index in [1.165, 1.54) is 0 Å². The second-order valence-corrected chi connectivity index (χ2v) is 6.09. The lowest BCUT2D eigenvalue weighted by Crippen LogP contribution is -2.52. The number of piperidine rings is 1. The van der Waals surface area contributed by atoms with E-state index in [-0.39, 0.29) is 30.9 Å². The Kier molecular flexibility index (Phi) is 5.98. The zero-order valence-corrected chi connectivity index (χ0v) is 13.5. The van der Waals surface area contributed by atoms with Gasteiger partial charge in [0.15, 0.2) is 6.61 Å². The summed E-state index contributed by atoms with van der Waals surface area (Å²) in [6, 6.07) is 7.12. The Bertz CT molecular complexity index is 545. The highest BCUT2D eigenvalue weighted by Crippen LogP contribution is 2.23. The van der Waals surface area contributed by atoms with Gasteiger partial charge in [-0.25, -0.2) is 0 Å². The maximum atomic E-state index is 12.4. The number of carbonyl (C=O) groups excluding carboxylic acids is 2. The second kappa shape index (κ2) is 7.97. The number of nitrogens with two attached hydrogens (primary N) is 2. The third kappa shape index (κ3) is 4.69. The largest absolute Gasteiger partial charge is 0.484 e. The minimum absolute atomic E-state index is 0.00160. The summed E-state index contributed by atoms with van der Waals surface area (Å²) in [5, 5.41) is 0. The molecule has 0 saturated carbocycles. The number of amides is 2. The Labute approximate surface area is 136 Å². The first-order valence-corrected chi connectivity index (χ1v) is 8.01. The summed E-state index contributed by atoms with van der Waals surface area (Å²) in [5.74, 6) is 0.612. The van der Waals surface area contributed by atoms with Crippen LogP contribution in [0.3, 0.4) is 0 Å². The molecule has 1 saturated heterocycles. The lowest BCUT2D eigenvalue weighted by molar-refractivity contribution is -0.138. The van der Waals surface area contributed by atoms with Crippen LogP contribution in [-0.2, 0) is 16.0 Å². The third-order valence-electron chi connectivity index (χ3n) is 4.34. The minimum atomic E-state index is -0.374. The van der Waals surface area contributed by atoms with Crippen molar-refractivity contribution in [2.45, 2.75) is 32.2 Å². The van der Waals surface area contributed by atoms with Crippen molar-refractivity contribution in [1.29, 1.82) is 0 Å². The van der Waals surface area contributed by atoms with Crippen LogP contribution in [0.4, 0.5) is 0 Å². The predicted molar refractivity (Wildman–Crippen MR) is 87.8 cm³/mol. The van der Waals surface area contributed by atoms with Crippen LogP contribution >= 0.6 is 0 Å². The van der Waals surface area contributed by atoms with Gasteiger partial charge >= 0.3 is 0 Å². The molecule has 126 valence electrons. The third-order valence-corrected chi connectivity index (χ3v) is 4.34. The van der Waals surface area contributed by atoms with E-state index in [0.717, 1.165) is 24.9 Å². The summed E-state index contributed by atoms with van der Waals surface area (Å²) in [6.07, 6.45) is 2.31. The second-order valence-electron chi connectivity index (χ2n) is 6.09. The first-order valence-electron chi connectivity index (χ1n) is 8.01. The molecule has 6 nitrogen and oxygen atoms in total. The summed E-state index contributed by atoms with van der Waals surface area (Å²) < 4.78 is 5.56. The van der Waals surface area contributed by atoms with Crippen molar-refractivity contribution in [1.82, 2.24) is 4.90 Å². The van der Waals surface area contributed by atoms with E-state index in [2.05, 4.69) is 6.92 Å². The summed E-state index contributed by atoms with van der Waals surface area (Å²) in [7, 11) is 0. The molecule has 6 heteroatoms. The van der Waals surface area contributed by atoms with E-state index < -0.39 is 0 Å². The van der Waals surface area contributed by atoms with E-state index in [1.807, 2.05) is 4.90 Å². The number of carbonyl (C=O) groups is 2.